The molecule has 1 aromatic carbocycles. The summed E-state index contributed by atoms with van der Waals surface area (Å²) in [6.07, 6.45) is 3.25. The van der Waals surface area contributed by atoms with Gasteiger partial charge < -0.3 is 25.7 Å². The van der Waals surface area contributed by atoms with Crippen LogP contribution < -0.4 is 16.4 Å². The molecule has 2 aromatic rings. The summed E-state index contributed by atoms with van der Waals surface area (Å²) in [6.45, 7) is 2.04. The quantitative estimate of drug-likeness (QED) is 0.516. The van der Waals surface area contributed by atoms with E-state index in [1.54, 1.807) is 11.5 Å². The van der Waals surface area contributed by atoms with E-state index in [9.17, 15) is 23.2 Å². The van der Waals surface area contributed by atoms with Gasteiger partial charge in [-0.2, -0.15) is 0 Å². The molecule has 1 heterocycles. The van der Waals surface area contributed by atoms with Crippen molar-refractivity contribution in [3.05, 3.63) is 46.5 Å². The molecule has 0 radical (unpaired) electrons. The molecule has 0 aliphatic heterocycles. The average Bonchev–Trinajstić information content (AvgIpc) is 3.22. The average molecular weight is 498 g/mol. The van der Waals surface area contributed by atoms with Crippen LogP contribution in [0, 0.1) is 17.6 Å². The van der Waals surface area contributed by atoms with Gasteiger partial charge in [0.05, 0.1) is 23.6 Å². The third kappa shape index (κ3) is 5.71. The number of aromatic nitrogens is 2. The number of primary amides is 1. The Balaban J connectivity index is 1.68. The van der Waals surface area contributed by atoms with E-state index < -0.39 is 35.3 Å². The minimum atomic E-state index is -0.956. The monoisotopic (exact) mass is 497 g/mol. The Labute approximate surface area is 200 Å². The number of methoxy groups -OCH3 is 1. The van der Waals surface area contributed by atoms with Crippen LogP contribution in [0.15, 0.2) is 18.5 Å². The molecule has 1 fully saturated rings. The lowest BCUT2D eigenvalue weighted by Gasteiger charge is -2.29. The molecule has 12 heteroatoms. The molecular formula is C22H26ClF2N5O4. The van der Waals surface area contributed by atoms with Crippen LogP contribution in [0.4, 0.5) is 14.5 Å². The maximum atomic E-state index is 14.0. The van der Waals surface area contributed by atoms with Gasteiger partial charge in [-0.3, -0.25) is 14.4 Å². The van der Waals surface area contributed by atoms with Crippen molar-refractivity contribution >= 4 is 35.0 Å². The summed E-state index contributed by atoms with van der Waals surface area (Å²) in [4.78, 5) is 41.5. The predicted octanol–water partition coefficient (Wildman–Crippen LogP) is 3.05. The first-order valence-electron chi connectivity index (χ1n) is 10.7. The molecule has 1 unspecified atom stereocenters. The Bertz CT molecular complexity index is 1060. The van der Waals surface area contributed by atoms with E-state index in [0.717, 1.165) is 6.07 Å². The SMILES string of the molecule is COCC(C)NC(=O)c1ncn(C2CCC(C(=O)Nc3c(F)cc(F)cc3Cl)CC2)c1C(N)=O. The van der Waals surface area contributed by atoms with E-state index in [1.165, 1.54) is 13.4 Å². The molecular weight excluding hydrogens is 472 g/mol. The summed E-state index contributed by atoms with van der Waals surface area (Å²) >= 11 is 5.86. The number of nitrogens with two attached hydrogens (primary N) is 1. The predicted molar refractivity (Wildman–Crippen MR) is 121 cm³/mol. The van der Waals surface area contributed by atoms with Gasteiger partial charge in [-0.05, 0) is 38.7 Å². The fourth-order valence-corrected chi connectivity index (χ4v) is 4.38. The van der Waals surface area contributed by atoms with Crippen LogP contribution in [0.25, 0.3) is 0 Å². The summed E-state index contributed by atoms with van der Waals surface area (Å²) in [5.41, 5.74) is 5.21. The third-order valence-corrected chi connectivity index (χ3v) is 6.05. The van der Waals surface area contributed by atoms with E-state index in [1.807, 2.05) is 0 Å². The highest BCUT2D eigenvalue weighted by atomic mass is 35.5. The molecule has 3 rings (SSSR count). The number of ether oxygens (including phenoxy) is 1. The number of amides is 3. The number of carbonyl (C=O) groups is 3. The van der Waals surface area contributed by atoms with Crippen molar-refractivity contribution in [2.45, 2.75) is 44.7 Å². The van der Waals surface area contributed by atoms with Crippen molar-refractivity contribution in [3.63, 3.8) is 0 Å². The molecule has 1 saturated carbocycles. The first kappa shape index (κ1) is 25.6. The van der Waals surface area contributed by atoms with Gasteiger partial charge in [-0.25, -0.2) is 13.8 Å². The van der Waals surface area contributed by atoms with Crippen molar-refractivity contribution in [2.24, 2.45) is 11.7 Å². The van der Waals surface area contributed by atoms with Gasteiger partial charge in [-0.1, -0.05) is 11.6 Å². The van der Waals surface area contributed by atoms with Crippen LogP contribution in [0.2, 0.25) is 5.02 Å². The molecule has 4 N–H and O–H groups in total. The maximum absolute atomic E-state index is 14.0. The summed E-state index contributed by atoms with van der Waals surface area (Å²) in [6, 6.07) is 1.07. The topological polar surface area (TPSA) is 128 Å². The first-order chi connectivity index (χ1) is 16.1. The number of nitrogens with zero attached hydrogens (tertiary/aromatic N) is 2. The molecule has 1 aromatic heterocycles. The summed E-state index contributed by atoms with van der Waals surface area (Å²) < 4.78 is 33.8. The highest BCUT2D eigenvalue weighted by Gasteiger charge is 2.32. The lowest BCUT2D eigenvalue weighted by atomic mass is 9.85. The van der Waals surface area contributed by atoms with Gasteiger partial charge in [0.25, 0.3) is 11.8 Å². The lowest BCUT2D eigenvalue weighted by Crippen LogP contribution is -2.37. The van der Waals surface area contributed by atoms with Crippen molar-refractivity contribution in [3.8, 4) is 0 Å². The number of rotatable bonds is 8. The number of carbonyl (C=O) groups excluding carboxylic acids is 3. The highest BCUT2D eigenvalue weighted by Crippen LogP contribution is 2.35. The number of nitrogens with one attached hydrogen (secondary N) is 2. The molecule has 0 saturated heterocycles. The van der Waals surface area contributed by atoms with Gasteiger partial charge >= 0.3 is 0 Å². The van der Waals surface area contributed by atoms with E-state index in [0.29, 0.717) is 31.7 Å². The second-order valence-electron chi connectivity index (χ2n) is 8.28. The molecule has 9 nitrogen and oxygen atoms in total. The summed E-state index contributed by atoms with van der Waals surface area (Å²) in [7, 11) is 1.51. The molecule has 3 amide bonds. The smallest absolute Gasteiger partial charge is 0.272 e. The Morgan fingerprint density at radius 1 is 1.26 bits per heavy atom. The van der Waals surface area contributed by atoms with Crippen LogP contribution in [0.3, 0.4) is 0 Å². The number of hydrogen-bond acceptors (Lipinski definition) is 5. The molecule has 1 aliphatic rings. The van der Waals surface area contributed by atoms with E-state index in [2.05, 4.69) is 15.6 Å². The molecule has 184 valence electrons. The fraction of sp³-hybridized carbons (Fsp3) is 0.455. The van der Waals surface area contributed by atoms with E-state index in [4.69, 9.17) is 22.1 Å². The second kappa shape index (κ2) is 10.9. The second-order valence-corrected chi connectivity index (χ2v) is 8.69. The largest absolute Gasteiger partial charge is 0.383 e. The van der Waals surface area contributed by atoms with Crippen molar-refractivity contribution in [2.75, 3.05) is 19.0 Å². The van der Waals surface area contributed by atoms with E-state index >= 15 is 0 Å². The number of hydrogen-bond donors (Lipinski definition) is 3. The first-order valence-corrected chi connectivity index (χ1v) is 11.1. The van der Waals surface area contributed by atoms with Gasteiger partial charge in [-0.15, -0.1) is 0 Å². The Hall–Kier alpha value is -3.05. The van der Waals surface area contributed by atoms with Crippen LogP contribution in [0.1, 0.15) is 59.6 Å². The van der Waals surface area contributed by atoms with Crippen LogP contribution >= 0.6 is 11.6 Å². The standard InChI is InChI=1S/C22H26ClF2N5O4/c1-11(9-34-2)28-22(33)18-19(20(26)31)30(10-27-18)14-5-3-12(4-6-14)21(32)29-17-15(23)7-13(24)8-16(17)25/h7-8,10-12,14H,3-6,9H2,1-2H3,(H2,26,31)(H,28,33)(H,29,32). The minimum Gasteiger partial charge on any atom is -0.383 e. The maximum Gasteiger partial charge on any atom is 0.272 e. The Morgan fingerprint density at radius 3 is 2.53 bits per heavy atom. The minimum absolute atomic E-state index is 0.00446. The van der Waals surface area contributed by atoms with Crippen molar-refractivity contribution in [1.82, 2.24) is 14.9 Å². The van der Waals surface area contributed by atoms with Gasteiger partial charge in [0.15, 0.2) is 11.5 Å². The summed E-state index contributed by atoms with van der Waals surface area (Å²) in [5.74, 6) is -3.99. The Kier molecular flexibility index (Phi) is 8.21. The van der Waals surface area contributed by atoms with Crippen LogP contribution in [-0.4, -0.2) is 47.0 Å². The Morgan fingerprint density at radius 2 is 1.94 bits per heavy atom. The van der Waals surface area contributed by atoms with Crippen LogP contribution in [-0.2, 0) is 9.53 Å². The lowest BCUT2D eigenvalue weighted by molar-refractivity contribution is -0.121. The number of imidazole rings is 1. The third-order valence-electron chi connectivity index (χ3n) is 5.75. The molecule has 34 heavy (non-hydrogen) atoms. The van der Waals surface area contributed by atoms with E-state index in [-0.39, 0.29) is 40.8 Å². The van der Waals surface area contributed by atoms with Crippen LogP contribution in [0.5, 0.6) is 0 Å². The number of halogens is 3. The van der Waals surface area contributed by atoms with Gasteiger partial charge in [0.1, 0.15) is 11.5 Å². The zero-order chi connectivity index (χ0) is 25.0. The van der Waals surface area contributed by atoms with Crippen molar-refractivity contribution in [1.29, 1.82) is 0 Å². The number of anilines is 1. The highest BCUT2D eigenvalue weighted by molar-refractivity contribution is 6.33. The molecule has 0 bridgehead atoms. The summed E-state index contributed by atoms with van der Waals surface area (Å²) in [5, 5.41) is 4.91. The zero-order valence-electron chi connectivity index (χ0n) is 18.7. The molecule has 1 aliphatic carbocycles. The van der Waals surface area contributed by atoms with Gasteiger partial charge in [0, 0.05) is 31.2 Å². The van der Waals surface area contributed by atoms with Crippen molar-refractivity contribution < 1.29 is 27.9 Å². The zero-order valence-corrected chi connectivity index (χ0v) is 19.5. The normalized spacial score (nSPS) is 18.9. The number of benzene rings is 1. The molecule has 0 spiro atoms. The fourth-order valence-electron chi connectivity index (χ4n) is 4.13. The van der Waals surface area contributed by atoms with Gasteiger partial charge in [0.2, 0.25) is 5.91 Å². The molecule has 1 atom stereocenters.